The highest BCUT2D eigenvalue weighted by molar-refractivity contribution is 7.91. The van der Waals surface area contributed by atoms with Crippen molar-refractivity contribution < 1.29 is 32.2 Å². The van der Waals surface area contributed by atoms with Crippen molar-refractivity contribution in [3.05, 3.63) is 24.3 Å². The molecule has 8 nitrogen and oxygen atoms in total. The topological polar surface area (TPSA) is 99.2 Å². The van der Waals surface area contributed by atoms with Gasteiger partial charge in [-0.25, -0.2) is 8.42 Å². The Morgan fingerprint density at radius 2 is 1.69 bits per heavy atom. The predicted molar refractivity (Wildman–Crippen MR) is 119 cm³/mol. The van der Waals surface area contributed by atoms with Crippen molar-refractivity contribution >= 4 is 21.7 Å². The van der Waals surface area contributed by atoms with Crippen LogP contribution in [0, 0.1) is 0 Å². The van der Waals surface area contributed by atoms with Gasteiger partial charge in [0.15, 0.2) is 16.4 Å². The van der Waals surface area contributed by atoms with E-state index in [4.69, 9.17) is 14.2 Å². The zero-order chi connectivity index (χ0) is 23.0. The molecule has 2 aliphatic rings. The Morgan fingerprint density at radius 1 is 1.00 bits per heavy atom. The van der Waals surface area contributed by atoms with Gasteiger partial charge in [-0.1, -0.05) is 19.3 Å². The van der Waals surface area contributed by atoms with Gasteiger partial charge in [0.2, 0.25) is 0 Å². The number of esters is 1. The van der Waals surface area contributed by atoms with Crippen molar-refractivity contribution in [2.45, 2.75) is 63.5 Å². The monoisotopic (exact) mass is 467 g/mol. The fourth-order valence-electron chi connectivity index (χ4n) is 4.43. The van der Waals surface area contributed by atoms with Crippen LogP contribution in [0.25, 0.3) is 0 Å². The summed E-state index contributed by atoms with van der Waals surface area (Å²) in [7, 11) is -1.51. The van der Waals surface area contributed by atoms with Gasteiger partial charge >= 0.3 is 5.97 Å². The number of ether oxygens (including phenoxy) is 3. The molecule has 0 bridgehead atoms. The standard InChI is InChI=1S/C23H33NO7S/c1-29-20-9-11-21(12-10-20)30-14-5-8-23(26)31-16-22(25)24(18-6-3-2-4-7-18)19-13-15-32(27,28)17-19/h9-12,18-19H,2-8,13-17H2,1H3. The predicted octanol–water partition coefficient (Wildman–Crippen LogP) is 2.75. The molecule has 1 aliphatic heterocycles. The lowest BCUT2D eigenvalue weighted by Crippen LogP contribution is -2.50. The number of rotatable bonds is 10. The molecular weight excluding hydrogens is 434 g/mol. The van der Waals surface area contributed by atoms with Gasteiger partial charge in [0.25, 0.3) is 5.91 Å². The van der Waals surface area contributed by atoms with Gasteiger partial charge < -0.3 is 19.1 Å². The van der Waals surface area contributed by atoms with E-state index >= 15 is 0 Å². The highest BCUT2D eigenvalue weighted by atomic mass is 32.2. The largest absolute Gasteiger partial charge is 0.497 e. The molecule has 3 rings (SSSR count). The van der Waals surface area contributed by atoms with Crippen LogP contribution >= 0.6 is 0 Å². The Labute approximate surface area is 190 Å². The van der Waals surface area contributed by atoms with Crippen LogP contribution in [-0.2, 0) is 24.2 Å². The molecule has 1 heterocycles. The smallest absolute Gasteiger partial charge is 0.306 e. The third-order valence-corrected chi connectivity index (χ3v) is 7.82. The van der Waals surface area contributed by atoms with Crippen LogP contribution < -0.4 is 9.47 Å². The van der Waals surface area contributed by atoms with E-state index in [1.165, 1.54) is 0 Å². The normalized spacial score (nSPS) is 20.5. The third-order valence-electron chi connectivity index (χ3n) is 6.07. The van der Waals surface area contributed by atoms with Crippen molar-refractivity contribution in [1.82, 2.24) is 4.90 Å². The molecule has 1 unspecified atom stereocenters. The number of hydrogen-bond donors (Lipinski definition) is 0. The minimum absolute atomic E-state index is 0.00584. The SMILES string of the molecule is COc1ccc(OCCCC(=O)OCC(=O)N(C2CCCCC2)C2CCS(=O)(=O)C2)cc1. The molecule has 0 radical (unpaired) electrons. The number of methoxy groups -OCH3 is 1. The Bertz CT molecular complexity index is 863. The Hall–Kier alpha value is -2.29. The Balaban J connectivity index is 1.43. The molecule has 0 aromatic heterocycles. The Morgan fingerprint density at radius 3 is 2.31 bits per heavy atom. The number of amides is 1. The minimum atomic E-state index is -3.11. The van der Waals surface area contributed by atoms with Crippen molar-refractivity contribution in [2.75, 3.05) is 31.8 Å². The summed E-state index contributed by atoms with van der Waals surface area (Å²) >= 11 is 0. The highest BCUT2D eigenvalue weighted by Crippen LogP contribution is 2.28. The maximum Gasteiger partial charge on any atom is 0.306 e. The van der Waals surface area contributed by atoms with Gasteiger partial charge in [-0.3, -0.25) is 9.59 Å². The summed E-state index contributed by atoms with van der Waals surface area (Å²) in [6, 6.07) is 6.89. The zero-order valence-electron chi connectivity index (χ0n) is 18.7. The highest BCUT2D eigenvalue weighted by Gasteiger charge is 2.38. The quantitative estimate of drug-likeness (QED) is 0.385. The molecule has 9 heteroatoms. The number of hydrogen-bond acceptors (Lipinski definition) is 7. The van der Waals surface area contributed by atoms with E-state index < -0.39 is 15.8 Å². The first-order valence-corrected chi connectivity index (χ1v) is 13.1. The number of sulfone groups is 1. The van der Waals surface area contributed by atoms with Gasteiger partial charge in [-0.2, -0.15) is 0 Å². The van der Waals surface area contributed by atoms with E-state index in [2.05, 4.69) is 0 Å². The summed E-state index contributed by atoms with van der Waals surface area (Å²) < 4.78 is 39.8. The number of carbonyl (C=O) groups excluding carboxylic acids is 2. The van der Waals surface area contributed by atoms with Crippen LogP contribution in [0.5, 0.6) is 11.5 Å². The van der Waals surface area contributed by atoms with Crippen molar-refractivity contribution in [3.8, 4) is 11.5 Å². The fraction of sp³-hybridized carbons (Fsp3) is 0.652. The first-order valence-electron chi connectivity index (χ1n) is 11.3. The van der Waals surface area contributed by atoms with E-state index in [0.29, 0.717) is 25.2 Å². The molecule has 32 heavy (non-hydrogen) atoms. The van der Waals surface area contributed by atoms with E-state index in [9.17, 15) is 18.0 Å². The summed E-state index contributed by atoms with van der Waals surface area (Å²) in [6.07, 6.45) is 6.01. The lowest BCUT2D eigenvalue weighted by Gasteiger charge is -2.38. The van der Waals surface area contributed by atoms with Gasteiger partial charge in [0, 0.05) is 18.5 Å². The second-order valence-electron chi connectivity index (χ2n) is 8.44. The van der Waals surface area contributed by atoms with E-state index in [-0.39, 0.29) is 42.5 Å². The molecule has 1 aromatic rings. The van der Waals surface area contributed by atoms with Crippen LogP contribution in [0.1, 0.15) is 51.4 Å². The minimum Gasteiger partial charge on any atom is -0.497 e. The Kier molecular flexibility index (Phi) is 8.78. The first-order chi connectivity index (χ1) is 15.4. The third kappa shape index (κ3) is 7.12. The molecule has 1 atom stereocenters. The second-order valence-corrected chi connectivity index (χ2v) is 10.7. The van der Waals surface area contributed by atoms with Crippen molar-refractivity contribution in [1.29, 1.82) is 0 Å². The van der Waals surface area contributed by atoms with Gasteiger partial charge in [-0.05, 0) is 49.9 Å². The molecule has 0 N–H and O–H groups in total. The molecule has 2 fully saturated rings. The number of nitrogens with zero attached hydrogens (tertiary/aromatic N) is 1. The fourth-order valence-corrected chi connectivity index (χ4v) is 6.14. The summed E-state index contributed by atoms with van der Waals surface area (Å²) in [5.74, 6) is 0.793. The maximum absolute atomic E-state index is 12.9. The molecule has 1 aliphatic carbocycles. The van der Waals surface area contributed by atoms with Gasteiger partial charge in [-0.15, -0.1) is 0 Å². The van der Waals surface area contributed by atoms with E-state index in [1.807, 2.05) is 0 Å². The van der Waals surface area contributed by atoms with Gasteiger partial charge in [0.1, 0.15) is 11.5 Å². The van der Waals surface area contributed by atoms with Crippen LogP contribution in [0.15, 0.2) is 24.3 Å². The lowest BCUT2D eigenvalue weighted by atomic mass is 9.93. The molecular formula is C23H33NO7S. The summed E-state index contributed by atoms with van der Waals surface area (Å²) in [5.41, 5.74) is 0. The molecule has 1 saturated heterocycles. The number of carbonyl (C=O) groups is 2. The van der Waals surface area contributed by atoms with Crippen molar-refractivity contribution in [3.63, 3.8) is 0 Å². The average Bonchev–Trinajstić information content (AvgIpc) is 3.15. The van der Waals surface area contributed by atoms with Crippen molar-refractivity contribution in [2.24, 2.45) is 0 Å². The molecule has 1 amide bonds. The molecule has 1 saturated carbocycles. The van der Waals surface area contributed by atoms with Crippen LogP contribution in [-0.4, -0.2) is 69.1 Å². The summed E-state index contributed by atoms with van der Waals surface area (Å²) in [6.45, 7) is 0.00866. The number of benzene rings is 1. The first kappa shape index (κ1) is 24.4. The average molecular weight is 468 g/mol. The summed E-state index contributed by atoms with van der Waals surface area (Å²) in [5, 5.41) is 0. The second kappa shape index (κ2) is 11.5. The zero-order valence-corrected chi connectivity index (χ0v) is 19.5. The molecule has 1 aromatic carbocycles. The lowest BCUT2D eigenvalue weighted by molar-refractivity contribution is -0.154. The van der Waals surface area contributed by atoms with Crippen LogP contribution in [0.2, 0.25) is 0 Å². The summed E-state index contributed by atoms with van der Waals surface area (Å²) in [4.78, 5) is 26.7. The van der Waals surface area contributed by atoms with Crippen LogP contribution in [0.4, 0.5) is 0 Å². The van der Waals surface area contributed by atoms with E-state index in [0.717, 1.165) is 37.9 Å². The molecule has 0 spiro atoms. The van der Waals surface area contributed by atoms with E-state index in [1.54, 1.807) is 36.3 Å². The van der Waals surface area contributed by atoms with Gasteiger partial charge in [0.05, 0.1) is 25.2 Å². The van der Waals surface area contributed by atoms with Crippen LogP contribution in [0.3, 0.4) is 0 Å². The maximum atomic E-state index is 12.9. The molecule has 178 valence electrons.